The lowest BCUT2D eigenvalue weighted by Gasteiger charge is -2.22. The molecule has 5 nitrogen and oxygen atoms in total. The number of hydrogen-bond acceptors (Lipinski definition) is 3. The van der Waals surface area contributed by atoms with E-state index < -0.39 is 11.9 Å². The van der Waals surface area contributed by atoms with E-state index in [9.17, 15) is 14.7 Å². The first-order valence-electron chi connectivity index (χ1n) is 6.71. The Kier molecular flexibility index (Phi) is 3.97. The Labute approximate surface area is 118 Å². The number of aliphatic carboxylic acids is 1. The molecule has 1 N–H and O–H groups in total. The van der Waals surface area contributed by atoms with Crippen molar-refractivity contribution in [2.45, 2.75) is 19.8 Å². The van der Waals surface area contributed by atoms with Gasteiger partial charge in [-0.3, -0.25) is 9.59 Å². The Morgan fingerprint density at radius 3 is 2.60 bits per heavy atom. The van der Waals surface area contributed by atoms with Crippen LogP contribution in [0.5, 0.6) is 0 Å². The molecule has 0 radical (unpaired) electrons. The summed E-state index contributed by atoms with van der Waals surface area (Å²) in [6, 6.07) is 5.85. The second-order valence-corrected chi connectivity index (χ2v) is 5.41. The van der Waals surface area contributed by atoms with Crippen molar-refractivity contribution in [1.82, 2.24) is 0 Å². The van der Waals surface area contributed by atoms with Gasteiger partial charge in [0.05, 0.1) is 5.92 Å². The number of nitrogens with zero attached hydrogens (tertiary/aromatic N) is 2. The maximum atomic E-state index is 11.8. The van der Waals surface area contributed by atoms with Crippen LogP contribution < -0.4 is 9.80 Å². The third-order valence-electron chi connectivity index (χ3n) is 3.77. The molecule has 20 heavy (non-hydrogen) atoms. The molecule has 0 bridgehead atoms. The SMILES string of the molecule is CC(=O)N1CCC(C(=O)O)Cc2cc(N(C)C)ccc21. The Morgan fingerprint density at radius 2 is 2.05 bits per heavy atom. The number of amides is 1. The van der Waals surface area contributed by atoms with Gasteiger partial charge in [0.15, 0.2) is 0 Å². The van der Waals surface area contributed by atoms with Crippen molar-refractivity contribution in [3.8, 4) is 0 Å². The van der Waals surface area contributed by atoms with Gasteiger partial charge in [-0.15, -0.1) is 0 Å². The molecule has 108 valence electrons. The highest BCUT2D eigenvalue weighted by atomic mass is 16.4. The monoisotopic (exact) mass is 276 g/mol. The van der Waals surface area contributed by atoms with Crippen molar-refractivity contribution in [1.29, 1.82) is 0 Å². The number of carbonyl (C=O) groups is 2. The standard InChI is InChI=1S/C15H20N2O3/c1-10(18)17-7-6-11(15(19)20)8-12-9-13(16(2)3)4-5-14(12)17/h4-5,9,11H,6-8H2,1-3H3,(H,19,20). The average molecular weight is 276 g/mol. The maximum absolute atomic E-state index is 11.8. The van der Waals surface area contributed by atoms with Gasteiger partial charge in [0.25, 0.3) is 0 Å². The molecule has 5 heteroatoms. The highest BCUT2D eigenvalue weighted by Gasteiger charge is 2.27. The summed E-state index contributed by atoms with van der Waals surface area (Å²) in [5.41, 5.74) is 2.78. The molecule has 1 aliphatic heterocycles. The summed E-state index contributed by atoms with van der Waals surface area (Å²) >= 11 is 0. The molecule has 0 fully saturated rings. The first-order chi connectivity index (χ1) is 9.40. The Hall–Kier alpha value is -2.04. The fourth-order valence-corrected chi connectivity index (χ4v) is 2.59. The summed E-state index contributed by atoms with van der Waals surface area (Å²) in [5, 5.41) is 9.28. The molecule has 1 aliphatic rings. The fraction of sp³-hybridized carbons (Fsp3) is 0.467. The van der Waals surface area contributed by atoms with E-state index in [1.165, 1.54) is 6.92 Å². The lowest BCUT2D eigenvalue weighted by molar-refractivity contribution is -0.141. The first-order valence-corrected chi connectivity index (χ1v) is 6.71. The fourth-order valence-electron chi connectivity index (χ4n) is 2.59. The summed E-state index contributed by atoms with van der Waals surface area (Å²) in [6.07, 6.45) is 0.955. The van der Waals surface area contributed by atoms with Crippen LogP contribution >= 0.6 is 0 Å². The number of fused-ring (bicyclic) bond motifs is 1. The highest BCUT2D eigenvalue weighted by molar-refractivity contribution is 5.93. The van der Waals surface area contributed by atoms with Crippen LogP contribution in [0.2, 0.25) is 0 Å². The van der Waals surface area contributed by atoms with Crippen LogP contribution in [-0.2, 0) is 16.0 Å². The predicted octanol–water partition coefficient (Wildman–Crippen LogP) is 1.75. The van der Waals surface area contributed by atoms with Gasteiger partial charge in [-0.05, 0) is 36.6 Å². The molecule has 1 aromatic rings. The number of benzene rings is 1. The zero-order chi connectivity index (χ0) is 14.9. The third-order valence-corrected chi connectivity index (χ3v) is 3.77. The number of carboxylic acid groups (broad SMARTS) is 1. The molecule has 0 spiro atoms. The minimum absolute atomic E-state index is 0.0464. The molecule has 0 aliphatic carbocycles. The van der Waals surface area contributed by atoms with Gasteiger partial charge in [0.2, 0.25) is 5.91 Å². The van der Waals surface area contributed by atoms with E-state index in [2.05, 4.69) is 0 Å². The summed E-state index contributed by atoms with van der Waals surface area (Å²) in [7, 11) is 3.88. The minimum Gasteiger partial charge on any atom is -0.481 e. The number of carbonyl (C=O) groups excluding carboxylic acids is 1. The van der Waals surface area contributed by atoms with Crippen molar-refractivity contribution < 1.29 is 14.7 Å². The van der Waals surface area contributed by atoms with E-state index in [0.717, 1.165) is 16.9 Å². The Morgan fingerprint density at radius 1 is 1.35 bits per heavy atom. The maximum Gasteiger partial charge on any atom is 0.306 e. The lowest BCUT2D eigenvalue weighted by atomic mass is 9.97. The number of carboxylic acids is 1. The van der Waals surface area contributed by atoms with Gasteiger partial charge in [0.1, 0.15) is 0 Å². The largest absolute Gasteiger partial charge is 0.481 e. The third kappa shape index (κ3) is 2.76. The van der Waals surface area contributed by atoms with Crippen LogP contribution in [0.25, 0.3) is 0 Å². The lowest BCUT2D eigenvalue weighted by Crippen LogP contribution is -2.30. The Balaban J connectivity index is 2.47. The van der Waals surface area contributed by atoms with E-state index in [1.54, 1.807) is 4.90 Å². The smallest absolute Gasteiger partial charge is 0.306 e. The van der Waals surface area contributed by atoms with Gasteiger partial charge in [0, 0.05) is 38.9 Å². The van der Waals surface area contributed by atoms with Crippen LogP contribution in [0.1, 0.15) is 18.9 Å². The molecular formula is C15H20N2O3. The number of rotatable bonds is 2. The van der Waals surface area contributed by atoms with Crippen molar-refractivity contribution in [2.24, 2.45) is 5.92 Å². The highest BCUT2D eigenvalue weighted by Crippen LogP contribution is 2.32. The van der Waals surface area contributed by atoms with Crippen molar-refractivity contribution >= 4 is 23.3 Å². The summed E-state index contributed by atoms with van der Waals surface area (Å²) < 4.78 is 0. The summed E-state index contributed by atoms with van der Waals surface area (Å²) in [5.74, 6) is -1.28. The van der Waals surface area contributed by atoms with Crippen molar-refractivity contribution in [3.05, 3.63) is 23.8 Å². The molecule has 1 unspecified atom stereocenters. The van der Waals surface area contributed by atoms with Gasteiger partial charge in [-0.1, -0.05) is 0 Å². The predicted molar refractivity (Wildman–Crippen MR) is 78.2 cm³/mol. The summed E-state index contributed by atoms with van der Waals surface area (Å²) in [4.78, 5) is 26.7. The summed E-state index contributed by atoms with van der Waals surface area (Å²) in [6.45, 7) is 1.98. The molecule has 1 atom stereocenters. The van der Waals surface area contributed by atoms with Crippen LogP contribution in [-0.4, -0.2) is 37.6 Å². The molecule has 0 saturated heterocycles. The van der Waals surface area contributed by atoms with Crippen molar-refractivity contribution in [3.63, 3.8) is 0 Å². The second kappa shape index (κ2) is 5.53. The van der Waals surface area contributed by atoms with Gasteiger partial charge < -0.3 is 14.9 Å². The molecule has 0 saturated carbocycles. The normalized spacial score (nSPS) is 18.1. The minimum atomic E-state index is -0.795. The van der Waals surface area contributed by atoms with Crippen LogP contribution in [0, 0.1) is 5.92 Å². The van der Waals surface area contributed by atoms with Gasteiger partial charge in [-0.2, -0.15) is 0 Å². The molecule has 1 heterocycles. The second-order valence-electron chi connectivity index (χ2n) is 5.41. The van der Waals surface area contributed by atoms with Crippen LogP contribution in [0.4, 0.5) is 11.4 Å². The van der Waals surface area contributed by atoms with Gasteiger partial charge >= 0.3 is 5.97 Å². The van der Waals surface area contributed by atoms with Gasteiger partial charge in [-0.25, -0.2) is 0 Å². The van der Waals surface area contributed by atoms with E-state index in [0.29, 0.717) is 19.4 Å². The molecule has 1 amide bonds. The number of hydrogen-bond donors (Lipinski definition) is 1. The molecule has 1 aromatic carbocycles. The van der Waals surface area contributed by atoms with E-state index in [1.807, 2.05) is 37.2 Å². The van der Waals surface area contributed by atoms with Crippen LogP contribution in [0.15, 0.2) is 18.2 Å². The quantitative estimate of drug-likeness (QED) is 0.894. The molecular weight excluding hydrogens is 256 g/mol. The van der Waals surface area contributed by atoms with E-state index in [4.69, 9.17) is 0 Å². The Bertz CT molecular complexity index is 540. The zero-order valence-electron chi connectivity index (χ0n) is 12.1. The average Bonchev–Trinajstić information content (AvgIpc) is 2.56. The van der Waals surface area contributed by atoms with Crippen LogP contribution in [0.3, 0.4) is 0 Å². The van der Waals surface area contributed by atoms with E-state index in [-0.39, 0.29) is 5.91 Å². The zero-order valence-corrected chi connectivity index (χ0v) is 12.1. The topological polar surface area (TPSA) is 60.9 Å². The first kappa shape index (κ1) is 14.4. The number of anilines is 2. The van der Waals surface area contributed by atoms with Crippen molar-refractivity contribution in [2.75, 3.05) is 30.4 Å². The molecule has 0 aromatic heterocycles. The van der Waals surface area contributed by atoms with E-state index >= 15 is 0 Å². The molecule has 2 rings (SSSR count).